The Morgan fingerprint density at radius 1 is 1.35 bits per heavy atom. The molecular formula is C19H19FN2O3S. The number of benzene rings is 1. The fourth-order valence-electron chi connectivity index (χ4n) is 2.90. The number of ether oxygens (including phenoxy) is 2. The SMILES string of the molecule is COC(=O)Cc1c(CSc2cccnc2)n(C)c2cc(F)c(OC)cc12. The summed E-state index contributed by atoms with van der Waals surface area (Å²) in [7, 11) is 4.65. The van der Waals surface area contributed by atoms with Crippen molar-refractivity contribution in [3.8, 4) is 5.75 Å². The molecule has 136 valence electrons. The smallest absolute Gasteiger partial charge is 0.310 e. The second kappa shape index (κ2) is 7.78. The molecule has 26 heavy (non-hydrogen) atoms. The third kappa shape index (κ3) is 3.53. The Balaban J connectivity index is 2.08. The third-order valence-corrected chi connectivity index (χ3v) is 5.26. The molecule has 0 unspecified atom stereocenters. The van der Waals surface area contributed by atoms with Crippen LogP contribution in [0.2, 0.25) is 0 Å². The fourth-order valence-corrected chi connectivity index (χ4v) is 3.89. The molecule has 0 saturated heterocycles. The predicted octanol–water partition coefficient (Wildman–Crippen LogP) is 3.73. The number of thioether (sulfide) groups is 1. The first-order valence-electron chi connectivity index (χ1n) is 7.98. The number of methoxy groups -OCH3 is 2. The van der Waals surface area contributed by atoms with E-state index in [1.807, 2.05) is 23.7 Å². The van der Waals surface area contributed by atoms with Gasteiger partial charge in [0.1, 0.15) is 0 Å². The van der Waals surface area contributed by atoms with Crippen LogP contribution in [-0.4, -0.2) is 29.7 Å². The Labute approximate surface area is 155 Å². The number of pyridine rings is 1. The average molecular weight is 374 g/mol. The number of fused-ring (bicyclic) bond motifs is 1. The van der Waals surface area contributed by atoms with Gasteiger partial charge >= 0.3 is 5.97 Å². The van der Waals surface area contributed by atoms with Crippen molar-refractivity contribution in [3.63, 3.8) is 0 Å². The van der Waals surface area contributed by atoms with Crippen molar-refractivity contribution < 1.29 is 18.7 Å². The van der Waals surface area contributed by atoms with E-state index < -0.39 is 5.82 Å². The zero-order valence-electron chi connectivity index (χ0n) is 14.8. The summed E-state index contributed by atoms with van der Waals surface area (Å²) < 4.78 is 26.0. The molecular weight excluding hydrogens is 355 g/mol. The van der Waals surface area contributed by atoms with Crippen molar-refractivity contribution in [1.82, 2.24) is 9.55 Å². The number of nitrogens with zero attached hydrogens (tertiary/aromatic N) is 2. The van der Waals surface area contributed by atoms with E-state index in [4.69, 9.17) is 9.47 Å². The van der Waals surface area contributed by atoms with Gasteiger partial charge in [-0.2, -0.15) is 0 Å². The number of aromatic nitrogens is 2. The van der Waals surface area contributed by atoms with Crippen LogP contribution in [0.4, 0.5) is 4.39 Å². The first kappa shape index (κ1) is 18.3. The zero-order valence-corrected chi connectivity index (χ0v) is 15.6. The largest absolute Gasteiger partial charge is 0.494 e. The van der Waals surface area contributed by atoms with E-state index in [9.17, 15) is 9.18 Å². The third-order valence-electron chi connectivity index (χ3n) is 4.27. The quantitative estimate of drug-likeness (QED) is 0.486. The summed E-state index contributed by atoms with van der Waals surface area (Å²) >= 11 is 1.61. The number of halogens is 1. The van der Waals surface area contributed by atoms with Gasteiger partial charge in [0.15, 0.2) is 11.6 Å². The minimum Gasteiger partial charge on any atom is -0.494 e. The highest BCUT2D eigenvalue weighted by Gasteiger charge is 2.20. The highest BCUT2D eigenvalue weighted by Crippen LogP contribution is 2.34. The van der Waals surface area contributed by atoms with E-state index in [-0.39, 0.29) is 18.1 Å². The van der Waals surface area contributed by atoms with E-state index >= 15 is 0 Å². The van der Waals surface area contributed by atoms with Gasteiger partial charge in [-0.05, 0) is 23.8 Å². The van der Waals surface area contributed by atoms with Gasteiger partial charge in [-0.25, -0.2) is 4.39 Å². The molecule has 3 rings (SSSR count). The number of rotatable bonds is 6. The van der Waals surface area contributed by atoms with Crippen molar-refractivity contribution in [2.45, 2.75) is 17.1 Å². The van der Waals surface area contributed by atoms with E-state index in [0.29, 0.717) is 11.3 Å². The first-order valence-corrected chi connectivity index (χ1v) is 8.97. The highest BCUT2D eigenvalue weighted by molar-refractivity contribution is 7.98. The maximum Gasteiger partial charge on any atom is 0.310 e. The molecule has 0 fully saturated rings. The molecule has 0 N–H and O–H groups in total. The molecule has 7 heteroatoms. The Morgan fingerprint density at radius 3 is 2.81 bits per heavy atom. The van der Waals surface area contributed by atoms with Crippen LogP contribution < -0.4 is 4.74 Å². The van der Waals surface area contributed by atoms with E-state index in [1.54, 1.807) is 30.2 Å². The van der Waals surface area contributed by atoms with E-state index in [1.165, 1.54) is 20.3 Å². The van der Waals surface area contributed by atoms with Crippen LogP contribution in [0.5, 0.6) is 5.75 Å². The van der Waals surface area contributed by atoms with Crippen LogP contribution in [0.3, 0.4) is 0 Å². The summed E-state index contributed by atoms with van der Waals surface area (Å²) in [5, 5.41) is 0.790. The maximum absolute atomic E-state index is 14.2. The van der Waals surface area contributed by atoms with E-state index in [2.05, 4.69) is 4.98 Å². The maximum atomic E-state index is 14.2. The number of aryl methyl sites for hydroxylation is 1. The van der Waals surface area contributed by atoms with Gasteiger partial charge in [0.25, 0.3) is 0 Å². The van der Waals surface area contributed by atoms with Gasteiger partial charge in [0.05, 0.1) is 26.2 Å². The summed E-state index contributed by atoms with van der Waals surface area (Å²) in [6.07, 6.45) is 3.63. The lowest BCUT2D eigenvalue weighted by Crippen LogP contribution is -2.07. The number of esters is 1. The molecule has 0 radical (unpaired) electrons. The fraction of sp³-hybridized carbons (Fsp3) is 0.263. The number of carbonyl (C=O) groups is 1. The molecule has 2 heterocycles. The summed E-state index contributed by atoms with van der Waals surface area (Å²) in [6, 6.07) is 6.93. The summed E-state index contributed by atoms with van der Waals surface area (Å²) in [4.78, 5) is 17.1. The van der Waals surface area contributed by atoms with Crippen molar-refractivity contribution in [2.75, 3.05) is 14.2 Å². The molecule has 0 amide bonds. The lowest BCUT2D eigenvalue weighted by Gasteiger charge is -2.07. The summed E-state index contributed by atoms with van der Waals surface area (Å²) in [6.45, 7) is 0. The minimum atomic E-state index is -0.434. The van der Waals surface area contributed by atoms with Crippen LogP contribution in [0.15, 0.2) is 41.6 Å². The minimum absolute atomic E-state index is 0.117. The molecule has 0 bridgehead atoms. The molecule has 3 aromatic rings. The van der Waals surface area contributed by atoms with Crippen molar-refractivity contribution in [2.24, 2.45) is 7.05 Å². The van der Waals surface area contributed by atoms with Gasteiger partial charge in [0, 0.05) is 47.2 Å². The first-order chi connectivity index (χ1) is 12.5. The molecule has 0 saturated carbocycles. The molecule has 0 aliphatic rings. The zero-order chi connectivity index (χ0) is 18.7. The Kier molecular flexibility index (Phi) is 5.46. The van der Waals surface area contributed by atoms with Crippen LogP contribution in [0, 0.1) is 5.82 Å². The van der Waals surface area contributed by atoms with Gasteiger partial charge < -0.3 is 14.0 Å². The monoisotopic (exact) mass is 374 g/mol. The predicted molar refractivity (Wildman–Crippen MR) is 98.9 cm³/mol. The molecule has 0 atom stereocenters. The van der Waals surface area contributed by atoms with E-state index in [0.717, 1.165) is 21.5 Å². The van der Waals surface area contributed by atoms with Gasteiger partial charge in [-0.1, -0.05) is 0 Å². The normalized spacial score (nSPS) is 10.9. The number of hydrogen-bond acceptors (Lipinski definition) is 5. The second-order valence-electron chi connectivity index (χ2n) is 5.72. The highest BCUT2D eigenvalue weighted by atomic mass is 32.2. The average Bonchev–Trinajstić information content (AvgIpc) is 2.90. The summed E-state index contributed by atoms with van der Waals surface area (Å²) in [5.74, 6) is -0.00146. The molecule has 1 aromatic carbocycles. The van der Waals surface area contributed by atoms with Crippen molar-refractivity contribution >= 4 is 28.6 Å². The van der Waals surface area contributed by atoms with Gasteiger partial charge in [-0.15, -0.1) is 11.8 Å². The number of carbonyl (C=O) groups excluding carboxylic acids is 1. The second-order valence-corrected chi connectivity index (χ2v) is 6.77. The van der Waals surface area contributed by atoms with Crippen LogP contribution in [-0.2, 0) is 28.8 Å². The lowest BCUT2D eigenvalue weighted by molar-refractivity contribution is -0.139. The Hall–Kier alpha value is -2.54. The van der Waals surface area contributed by atoms with Crippen LogP contribution in [0.1, 0.15) is 11.3 Å². The van der Waals surface area contributed by atoms with Crippen LogP contribution in [0.25, 0.3) is 10.9 Å². The molecule has 0 aliphatic heterocycles. The molecule has 5 nitrogen and oxygen atoms in total. The molecule has 0 aliphatic carbocycles. The Morgan fingerprint density at radius 2 is 2.15 bits per heavy atom. The van der Waals surface area contributed by atoms with Crippen molar-refractivity contribution in [1.29, 1.82) is 0 Å². The topological polar surface area (TPSA) is 53.3 Å². The Bertz CT molecular complexity index is 941. The van der Waals surface area contributed by atoms with Crippen LogP contribution >= 0.6 is 11.8 Å². The molecule has 2 aromatic heterocycles. The molecule has 0 spiro atoms. The summed E-state index contributed by atoms with van der Waals surface area (Å²) in [5.41, 5.74) is 2.47. The van der Waals surface area contributed by atoms with Gasteiger partial charge in [-0.3, -0.25) is 9.78 Å². The van der Waals surface area contributed by atoms with Crippen molar-refractivity contribution in [3.05, 3.63) is 53.7 Å². The lowest BCUT2D eigenvalue weighted by atomic mass is 10.1. The van der Waals surface area contributed by atoms with Gasteiger partial charge in [0.2, 0.25) is 0 Å². The standard InChI is InChI=1S/C19H19FN2O3S/c1-22-16-9-15(20)18(24-2)7-13(16)14(8-19(23)25-3)17(22)11-26-12-5-4-6-21-10-12/h4-7,9-10H,8,11H2,1-3H3. The number of hydrogen-bond donors (Lipinski definition) is 0.